The molecule has 0 radical (unpaired) electrons. The van der Waals surface area contributed by atoms with Crippen LogP contribution in [-0.2, 0) is 17.1 Å². The molecule has 1 aromatic rings. The molecule has 0 saturated heterocycles. The van der Waals surface area contributed by atoms with Crippen molar-refractivity contribution in [1.29, 1.82) is 5.26 Å². The Balaban J connectivity index is 3.56. The number of nitrogens with two attached hydrogens (primary N) is 1. The normalized spacial score (nSPS) is 11.2. The molecule has 0 fully saturated rings. The van der Waals surface area contributed by atoms with E-state index in [0.717, 1.165) is 4.57 Å². The molecule has 0 bridgehead atoms. The number of nitriles is 1. The molecule has 1 rings (SSSR count). The van der Waals surface area contributed by atoms with Crippen LogP contribution in [0.15, 0.2) is 5.16 Å². The number of nitrogens with zero attached hydrogens (tertiary/aromatic N) is 3. The first-order valence-electron chi connectivity index (χ1n) is 3.03. The molecule has 1 heterocycles. The van der Waals surface area contributed by atoms with E-state index in [1.165, 1.54) is 7.05 Å². The molecule has 0 aromatic carbocycles. The van der Waals surface area contributed by atoms with Crippen molar-refractivity contribution in [3.63, 3.8) is 0 Å². The molecule has 0 atom stereocenters. The second-order valence-electron chi connectivity index (χ2n) is 2.25. The molecule has 0 amide bonds. The fourth-order valence-electron chi connectivity index (χ4n) is 0.822. The lowest BCUT2D eigenvalue weighted by atomic mass is 10.5. The summed E-state index contributed by atoms with van der Waals surface area (Å²) in [5.74, 6) is 0. The molecular weight excluding hydrogens is 216 g/mol. The predicted molar refractivity (Wildman–Crippen MR) is 44.3 cm³/mol. The van der Waals surface area contributed by atoms with E-state index in [2.05, 4.69) is 4.98 Å². The van der Waals surface area contributed by atoms with Crippen molar-refractivity contribution in [2.75, 3.05) is 0 Å². The first kappa shape index (κ1) is 9.98. The number of aromatic nitrogens is 2. The smallest absolute Gasteiger partial charge is 0.272 e. The standard InChI is InChI=1S/C5H5ClN4O2S/c1-10-3(2-7)4(6)9-5(10)13(8,11)12/h1H3,(H2,8,11,12). The highest BCUT2D eigenvalue weighted by molar-refractivity contribution is 7.89. The summed E-state index contributed by atoms with van der Waals surface area (Å²) < 4.78 is 22.7. The molecule has 0 spiro atoms. The fourth-order valence-corrected chi connectivity index (χ4v) is 1.81. The summed E-state index contributed by atoms with van der Waals surface area (Å²) in [6.07, 6.45) is 0. The van der Waals surface area contributed by atoms with Gasteiger partial charge in [0.15, 0.2) is 10.8 Å². The lowest BCUT2D eigenvalue weighted by molar-refractivity contribution is 0.580. The Morgan fingerprint density at radius 1 is 1.69 bits per heavy atom. The van der Waals surface area contributed by atoms with Gasteiger partial charge in [0, 0.05) is 7.05 Å². The fraction of sp³-hybridized carbons (Fsp3) is 0.200. The van der Waals surface area contributed by atoms with Crippen molar-refractivity contribution in [3.8, 4) is 6.07 Å². The molecule has 6 nitrogen and oxygen atoms in total. The second kappa shape index (κ2) is 2.99. The zero-order chi connectivity index (χ0) is 10.2. The van der Waals surface area contributed by atoms with Gasteiger partial charge in [-0.05, 0) is 0 Å². The van der Waals surface area contributed by atoms with Gasteiger partial charge in [0.2, 0.25) is 5.16 Å². The van der Waals surface area contributed by atoms with Crippen LogP contribution >= 0.6 is 11.6 Å². The largest absolute Gasteiger partial charge is 0.307 e. The van der Waals surface area contributed by atoms with Crippen LogP contribution in [0.25, 0.3) is 0 Å². The molecule has 0 saturated carbocycles. The van der Waals surface area contributed by atoms with Crippen LogP contribution in [0.5, 0.6) is 0 Å². The van der Waals surface area contributed by atoms with Crippen molar-refractivity contribution in [2.24, 2.45) is 12.2 Å². The van der Waals surface area contributed by atoms with Gasteiger partial charge in [-0.3, -0.25) is 0 Å². The Morgan fingerprint density at radius 3 is 2.46 bits per heavy atom. The van der Waals surface area contributed by atoms with Crippen molar-refractivity contribution in [2.45, 2.75) is 5.16 Å². The van der Waals surface area contributed by atoms with E-state index in [0.29, 0.717) is 0 Å². The van der Waals surface area contributed by atoms with E-state index in [-0.39, 0.29) is 10.8 Å². The van der Waals surface area contributed by atoms with E-state index in [1.807, 2.05) is 0 Å². The number of hydrogen-bond donors (Lipinski definition) is 1. The maximum Gasteiger partial charge on any atom is 0.272 e. The van der Waals surface area contributed by atoms with Gasteiger partial charge in [-0.2, -0.15) is 5.26 Å². The predicted octanol–water partition coefficient (Wildman–Crippen LogP) is -0.407. The van der Waals surface area contributed by atoms with Crippen molar-refractivity contribution >= 4 is 21.6 Å². The van der Waals surface area contributed by atoms with Gasteiger partial charge in [-0.1, -0.05) is 11.6 Å². The van der Waals surface area contributed by atoms with Crippen molar-refractivity contribution in [1.82, 2.24) is 9.55 Å². The van der Waals surface area contributed by atoms with E-state index in [9.17, 15) is 8.42 Å². The molecule has 0 unspecified atom stereocenters. The van der Waals surface area contributed by atoms with E-state index < -0.39 is 15.2 Å². The van der Waals surface area contributed by atoms with E-state index >= 15 is 0 Å². The van der Waals surface area contributed by atoms with Crippen LogP contribution in [0.2, 0.25) is 5.15 Å². The molecule has 1 aromatic heterocycles. The minimum atomic E-state index is -3.93. The van der Waals surface area contributed by atoms with Gasteiger partial charge < -0.3 is 4.57 Å². The van der Waals surface area contributed by atoms with Gasteiger partial charge >= 0.3 is 0 Å². The van der Waals surface area contributed by atoms with Gasteiger partial charge in [0.1, 0.15) is 6.07 Å². The Labute approximate surface area is 79.6 Å². The minimum absolute atomic E-state index is 0.0364. The molecule has 70 valence electrons. The van der Waals surface area contributed by atoms with Crippen LogP contribution < -0.4 is 5.14 Å². The maximum atomic E-state index is 10.9. The SMILES string of the molecule is Cn1c(S(N)(=O)=O)nc(Cl)c1C#N. The highest BCUT2D eigenvalue weighted by Gasteiger charge is 2.20. The molecule has 13 heavy (non-hydrogen) atoms. The summed E-state index contributed by atoms with van der Waals surface area (Å²) in [5, 5.41) is 12.8. The van der Waals surface area contributed by atoms with Crippen LogP contribution in [0, 0.1) is 11.3 Å². The number of hydrogen-bond acceptors (Lipinski definition) is 4. The molecular formula is C5H5ClN4O2S. The average molecular weight is 221 g/mol. The Morgan fingerprint density at radius 2 is 2.23 bits per heavy atom. The summed E-state index contributed by atoms with van der Waals surface area (Å²) >= 11 is 5.48. The summed E-state index contributed by atoms with van der Waals surface area (Å²) in [5.41, 5.74) is -0.0364. The highest BCUT2D eigenvalue weighted by atomic mass is 35.5. The third-order valence-corrected chi connectivity index (χ3v) is 2.51. The third-order valence-electron chi connectivity index (χ3n) is 1.37. The first-order valence-corrected chi connectivity index (χ1v) is 4.95. The first-order chi connectivity index (χ1) is 5.88. The minimum Gasteiger partial charge on any atom is -0.307 e. The molecule has 2 N–H and O–H groups in total. The van der Waals surface area contributed by atoms with E-state index in [4.69, 9.17) is 22.0 Å². The van der Waals surface area contributed by atoms with Gasteiger partial charge in [-0.25, -0.2) is 18.5 Å². The maximum absolute atomic E-state index is 10.9. The lowest BCUT2D eigenvalue weighted by Gasteiger charge is -1.96. The van der Waals surface area contributed by atoms with Crippen LogP contribution in [-0.4, -0.2) is 18.0 Å². The Bertz CT molecular complexity index is 483. The number of halogens is 1. The molecule has 0 aliphatic rings. The average Bonchev–Trinajstić information content (AvgIpc) is 2.25. The Hall–Kier alpha value is -1.10. The number of sulfonamides is 1. The third kappa shape index (κ3) is 1.65. The highest BCUT2D eigenvalue weighted by Crippen LogP contribution is 2.16. The van der Waals surface area contributed by atoms with Crippen LogP contribution in [0.4, 0.5) is 0 Å². The molecule has 8 heteroatoms. The zero-order valence-corrected chi connectivity index (χ0v) is 8.09. The number of rotatable bonds is 1. The molecule has 0 aliphatic heterocycles. The summed E-state index contributed by atoms with van der Waals surface area (Å²) in [6, 6.07) is 1.70. The quantitative estimate of drug-likeness (QED) is 0.695. The topological polar surface area (TPSA) is 102 Å². The van der Waals surface area contributed by atoms with Crippen molar-refractivity contribution in [3.05, 3.63) is 10.8 Å². The van der Waals surface area contributed by atoms with E-state index in [1.54, 1.807) is 6.07 Å². The zero-order valence-electron chi connectivity index (χ0n) is 6.52. The summed E-state index contributed by atoms with van der Waals surface area (Å²) in [6.45, 7) is 0. The lowest BCUT2D eigenvalue weighted by Crippen LogP contribution is -2.17. The van der Waals surface area contributed by atoms with Gasteiger partial charge in [0.25, 0.3) is 10.0 Å². The number of primary sulfonamides is 1. The summed E-state index contributed by atoms with van der Waals surface area (Å²) in [4.78, 5) is 3.45. The Kier molecular flexibility index (Phi) is 2.30. The van der Waals surface area contributed by atoms with Crippen LogP contribution in [0.1, 0.15) is 5.69 Å². The second-order valence-corrected chi connectivity index (χ2v) is 4.06. The number of imidazole rings is 1. The summed E-state index contributed by atoms with van der Waals surface area (Å²) in [7, 11) is -2.58. The van der Waals surface area contributed by atoms with Gasteiger partial charge in [-0.15, -0.1) is 0 Å². The monoisotopic (exact) mass is 220 g/mol. The van der Waals surface area contributed by atoms with Gasteiger partial charge in [0.05, 0.1) is 0 Å². The van der Waals surface area contributed by atoms with Crippen molar-refractivity contribution < 1.29 is 8.42 Å². The molecule has 0 aliphatic carbocycles. The van der Waals surface area contributed by atoms with Crippen LogP contribution in [0.3, 0.4) is 0 Å².